The molecule has 0 saturated carbocycles. The van der Waals surface area contributed by atoms with E-state index in [0.29, 0.717) is 17.4 Å². The minimum atomic E-state index is -3.36. The van der Waals surface area contributed by atoms with Crippen LogP contribution in [0.2, 0.25) is 0 Å². The summed E-state index contributed by atoms with van der Waals surface area (Å²) in [4.78, 5) is 28.7. The highest BCUT2D eigenvalue weighted by atomic mass is 32.2. The van der Waals surface area contributed by atoms with Crippen molar-refractivity contribution in [3.8, 4) is 5.75 Å². The van der Waals surface area contributed by atoms with Crippen molar-refractivity contribution in [2.45, 2.75) is 6.54 Å². The fraction of sp³-hybridized carbons (Fsp3) is 0.211. The van der Waals surface area contributed by atoms with Gasteiger partial charge in [-0.1, -0.05) is 30.3 Å². The smallest absolute Gasteiger partial charge is 0.273 e. The molecule has 0 unspecified atom stereocenters. The largest absolute Gasteiger partial charge is 0.505 e. The van der Waals surface area contributed by atoms with Gasteiger partial charge in [0, 0.05) is 24.5 Å². The first-order valence-corrected chi connectivity index (χ1v) is 10.6. The van der Waals surface area contributed by atoms with Crippen LogP contribution in [0.3, 0.4) is 0 Å². The number of benzene rings is 1. The van der Waals surface area contributed by atoms with Crippen LogP contribution in [0.4, 0.5) is 0 Å². The van der Waals surface area contributed by atoms with Gasteiger partial charge >= 0.3 is 0 Å². The summed E-state index contributed by atoms with van der Waals surface area (Å²) in [5.74, 6) is -1.00. The van der Waals surface area contributed by atoms with Crippen molar-refractivity contribution in [1.82, 2.24) is 19.6 Å². The Morgan fingerprint density at radius 1 is 1.14 bits per heavy atom. The Morgan fingerprint density at radius 2 is 1.86 bits per heavy atom. The number of sulfonamides is 1. The number of amides is 1. The van der Waals surface area contributed by atoms with E-state index >= 15 is 0 Å². The molecule has 3 N–H and O–H groups in total. The molecule has 0 radical (unpaired) electrons. The maximum absolute atomic E-state index is 12.3. The minimum absolute atomic E-state index is 0.00946. The number of aromatic hydroxyl groups is 1. The first kappa shape index (κ1) is 20.5. The number of carbonyl (C=O) groups is 1. The molecule has 0 spiro atoms. The average Bonchev–Trinajstić information content (AvgIpc) is 2.67. The third-order valence-electron chi connectivity index (χ3n) is 4.19. The maximum atomic E-state index is 12.3. The third-order valence-corrected chi connectivity index (χ3v) is 4.92. The zero-order chi connectivity index (χ0) is 21.0. The summed E-state index contributed by atoms with van der Waals surface area (Å²) < 4.78 is 25.8. The molecule has 2 aromatic heterocycles. The highest BCUT2D eigenvalue weighted by Crippen LogP contribution is 2.26. The number of nitrogens with one attached hydrogen (secondary N) is 2. The van der Waals surface area contributed by atoms with E-state index in [4.69, 9.17) is 0 Å². The number of pyridine rings is 2. The number of aromatic nitrogens is 2. The predicted octanol–water partition coefficient (Wildman–Crippen LogP) is 0.429. The lowest BCUT2D eigenvalue weighted by Crippen LogP contribution is -2.34. The van der Waals surface area contributed by atoms with Crippen molar-refractivity contribution in [1.29, 1.82) is 0 Å². The Bertz CT molecular complexity index is 1210. The Morgan fingerprint density at radius 3 is 2.55 bits per heavy atom. The van der Waals surface area contributed by atoms with Crippen molar-refractivity contribution in [2.75, 3.05) is 19.3 Å². The minimum Gasteiger partial charge on any atom is -0.505 e. The Balaban J connectivity index is 1.87. The molecule has 0 saturated heterocycles. The molecule has 1 amide bonds. The van der Waals surface area contributed by atoms with Gasteiger partial charge in [0.15, 0.2) is 11.4 Å². The third kappa shape index (κ3) is 4.98. The fourth-order valence-electron chi connectivity index (χ4n) is 2.84. The summed E-state index contributed by atoms with van der Waals surface area (Å²) in [6, 6.07) is 12.1. The first-order chi connectivity index (χ1) is 13.8. The molecule has 0 aliphatic carbocycles. The normalized spacial score (nSPS) is 11.5. The fourth-order valence-corrected chi connectivity index (χ4v) is 3.31. The van der Waals surface area contributed by atoms with Crippen LogP contribution in [0, 0.1) is 0 Å². The van der Waals surface area contributed by atoms with Crippen LogP contribution in [0.15, 0.2) is 53.5 Å². The second-order valence-corrected chi connectivity index (χ2v) is 8.25. The van der Waals surface area contributed by atoms with Gasteiger partial charge in [0.05, 0.1) is 24.5 Å². The molecule has 0 aliphatic rings. The van der Waals surface area contributed by atoms with Crippen molar-refractivity contribution in [3.63, 3.8) is 0 Å². The predicted molar refractivity (Wildman–Crippen MR) is 108 cm³/mol. The van der Waals surface area contributed by atoms with Crippen LogP contribution >= 0.6 is 0 Å². The van der Waals surface area contributed by atoms with Crippen LogP contribution in [0.25, 0.3) is 10.9 Å². The molecule has 152 valence electrons. The number of carbonyl (C=O) groups excluding carboxylic acids is 1. The molecule has 0 atom stereocenters. The van der Waals surface area contributed by atoms with E-state index < -0.39 is 15.9 Å². The highest BCUT2D eigenvalue weighted by Gasteiger charge is 2.17. The summed E-state index contributed by atoms with van der Waals surface area (Å²) in [5, 5.41) is 13.3. The van der Waals surface area contributed by atoms with Crippen LogP contribution < -0.4 is 15.6 Å². The zero-order valence-electron chi connectivity index (χ0n) is 15.6. The van der Waals surface area contributed by atoms with E-state index in [2.05, 4.69) is 15.0 Å². The van der Waals surface area contributed by atoms with Gasteiger partial charge < -0.3 is 15.0 Å². The van der Waals surface area contributed by atoms with E-state index in [9.17, 15) is 23.1 Å². The van der Waals surface area contributed by atoms with Gasteiger partial charge in [0.25, 0.3) is 11.5 Å². The quantitative estimate of drug-likeness (QED) is 0.479. The molecular weight excluding hydrogens is 396 g/mol. The first-order valence-electron chi connectivity index (χ1n) is 8.74. The van der Waals surface area contributed by atoms with Crippen LogP contribution in [-0.4, -0.2) is 48.3 Å². The molecule has 2 heterocycles. The molecule has 3 rings (SSSR count). The molecule has 9 nitrogen and oxygen atoms in total. The van der Waals surface area contributed by atoms with Gasteiger partial charge in [-0.2, -0.15) is 0 Å². The molecular formula is C19H20N4O5S. The number of rotatable bonds is 7. The molecule has 29 heavy (non-hydrogen) atoms. The molecule has 3 aromatic rings. The lowest BCUT2D eigenvalue weighted by atomic mass is 10.1. The van der Waals surface area contributed by atoms with Crippen molar-refractivity contribution in [3.05, 3.63) is 70.3 Å². The SMILES string of the molecule is CS(=O)(=O)NCCNC(=O)c1ncc2c(ccc(=O)n2Cc2ccccc2)c1O. The summed E-state index contributed by atoms with van der Waals surface area (Å²) in [5.41, 5.74) is 0.837. The topological polar surface area (TPSA) is 130 Å². The van der Waals surface area contributed by atoms with Crippen LogP contribution in [-0.2, 0) is 16.6 Å². The number of nitrogens with zero attached hydrogens (tertiary/aromatic N) is 2. The average molecular weight is 416 g/mol. The van der Waals surface area contributed by atoms with E-state index in [1.54, 1.807) is 0 Å². The summed E-state index contributed by atoms with van der Waals surface area (Å²) in [6.45, 7) is 0.328. The second-order valence-electron chi connectivity index (χ2n) is 6.42. The maximum Gasteiger partial charge on any atom is 0.273 e. The Hall–Kier alpha value is -3.24. The second kappa shape index (κ2) is 8.41. The summed E-state index contributed by atoms with van der Waals surface area (Å²) in [7, 11) is -3.36. The van der Waals surface area contributed by atoms with Gasteiger partial charge in [-0.15, -0.1) is 0 Å². The summed E-state index contributed by atoms with van der Waals surface area (Å²) in [6.07, 6.45) is 2.38. The van der Waals surface area contributed by atoms with Crippen molar-refractivity contribution in [2.24, 2.45) is 0 Å². The lowest BCUT2D eigenvalue weighted by Gasteiger charge is -2.13. The Kier molecular flexibility index (Phi) is 5.95. The monoisotopic (exact) mass is 416 g/mol. The molecule has 0 fully saturated rings. The van der Waals surface area contributed by atoms with E-state index in [0.717, 1.165) is 11.8 Å². The Labute approximate surface area is 167 Å². The molecule has 1 aromatic carbocycles. The van der Waals surface area contributed by atoms with Gasteiger partial charge in [0.2, 0.25) is 10.0 Å². The summed E-state index contributed by atoms with van der Waals surface area (Å²) >= 11 is 0. The molecule has 10 heteroatoms. The standard InChI is InChI=1S/C19H20N4O5S/c1-29(27,28)22-10-9-20-19(26)17-18(25)14-7-8-16(24)23(15(14)11-21-17)12-13-5-3-2-4-6-13/h2-8,11,22,25H,9-10,12H2,1H3,(H,20,26). The van der Waals surface area contributed by atoms with Crippen LogP contribution in [0.1, 0.15) is 16.1 Å². The van der Waals surface area contributed by atoms with E-state index in [-0.39, 0.29) is 30.1 Å². The lowest BCUT2D eigenvalue weighted by molar-refractivity contribution is 0.0946. The number of hydrogen-bond donors (Lipinski definition) is 3. The number of hydrogen-bond acceptors (Lipinski definition) is 6. The van der Waals surface area contributed by atoms with Crippen molar-refractivity contribution < 1.29 is 18.3 Å². The molecule has 0 aliphatic heterocycles. The highest BCUT2D eigenvalue weighted by molar-refractivity contribution is 7.88. The molecule has 0 bridgehead atoms. The zero-order valence-corrected chi connectivity index (χ0v) is 16.4. The van der Waals surface area contributed by atoms with E-state index in [1.165, 1.54) is 22.9 Å². The van der Waals surface area contributed by atoms with Crippen LogP contribution in [0.5, 0.6) is 5.75 Å². The van der Waals surface area contributed by atoms with Gasteiger partial charge in [-0.3, -0.25) is 9.59 Å². The van der Waals surface area contributed by atoms with Crippen molar-refractivity contribution >= 4 is 26.8 Å². The van der Waals surface area contributed by atoms with Gasteiger partial charge in [0.1, 0.15) is 0 Å². The van der Waals surface area contributed by atoms with Gasteiger partial charge in [-0.05, 0) is 11.6 Å². The van der Waals surface area contributed by atoms with E-state index in [1.807, 2.05) is 30.3 Å². The van der Waals surface area contributed by atoms with Gasteiger partial charge in [-0.25, -0.2) is 18.1 Å². The number of fused-ring (bicyclic) bond motifs is 1.